The number of hydrogen-bond donors (Lipinski definition) is 0. The molecule has 0 aliphatic heterocycles. The summed E-state index contributed by atoms with van der Waals surface area (Å²) in [6, 6.07) is 14.7. The van der Waals surface area contributed by atoms with E-state index in [1.165, 1.54) is 13.2 Å². The van der Waals surface area contributed by atoms with E-state index in [2.05, 4.69) is 4.74 Å². The number of benzene rings is 2. The second-order valence-electron chi connectivity index (χ2n) is 4.26. The molecule has 0 aliphatic carbocycles. The van der Waals surface area contributed by atoms with Crippen molar-refractivity contribution in [2.24, 2.45) is 0 Å². The predicted octanol–water partition coefficient (Wildman–Crippen LogP) is 2.45. The highest BCUT2D eigenvalue weighted by Gasteiger charge is 2.16. The summed E-state index contributed by atoms with van der Waals surface area (Å²) in [6.45, 7) is 0. The molecule has 0 atom stereocenters. The second-order valence-corrected chi connectivity index (χ2v) is 6.25. The zero-order chi connectivity index (χ0) is 14.6. The third-order valence-corrected chi connectivity index (χ3v) is 4.51. The van der Waals surface area contributed by atoms with E-state index in [1.54, 1.807) is 48.5 Å². The number of methoxy groups -OCH3 is 1. The maximum absolute atomic E-state index is 12.2. The monoisotopic (exact) mass is 290 g/mol. The number of hydrogen-bond acceptors (Lipinski definition) is 4. The molecule has 0 bridgehead atoms. The molecule has 0 fully saturated rings. The first kappa shape index (κ1) is 14.3. The van der Waals surface area contributed by atoms with Gasteiger partial charge in [0, 0.05) is 0 Å². The highest BCUT2D eigenvalue weighted by molar-refractivity contribution is 7.90. The molecule has 0 aromatic heterocycles. The van der Waals surface area contributed by atoms with Crippen molar-refractivity contribution in [1.82, 2.24) is 0 Å². The number of ether oxygens (including phenoxy) is 1. The van der Waals surface area contributed by atoms with E-state index in [0.717, 1.165) is 0 Å². The van der Waals surface area contributed by atoms with Crippen LogP contribution in [0.1, 0.15) is 15.9 Å². The summed E-state index contributed by atoms with van der Waals surface area (Å²) in [5, 5.41) is 0. The lowest BCUT2D eigenvalue weighted by Gasteiger charge is -2.06. The molecule has 5 heteroatoms. The minimum atomic E-state index is -3.41. The number of esters is 1. The number of carbonyl (C=O) groups excluding carboxylic acids is 1. The first-order valence-corrected chi connectivity index (χ1v) is 7.63. The van der Waals surface area contributed by atoms with Crippen molar-refractivity contribution in [1.29, 1.82) is 0 Å². The fraction of sp³-hybridized carbons (Fsp3) is 0.133. The van der Waals surface area contributed by atoms with Gasteiger partial charge in [-0.15, -0.1) is 0 Å². The van der Waals surface area contributed by atoms with Gasteiger partial charge in [0.1, 0.15) is 0 Å². The van der Waals surface area contributed by atoms with Crippen LogP contribution in [0, 0.1) is 0 Å². The lowest BCUT2D eigenvalue weighted by atomic mass is 10.1. The van der Waals surface area contributed by atoms with Gasteiger partial charge in [-0.25, -0.2) is 13.2 Å². The summed E-state index contributed by atoms with van der Waals surface area (Å²) in [4.78, 5) is 11.7. The standard InChI is InChI=1S/C15H14O4S/c1-19-15(16)13-7-5-6-12(10-13)11-20(17,18)14-8-3-2-4-9-14/h2-10H,11H2,1H3. The average Bonchev–Trinajstić information content (AvgIpc) is 2.47. The summed E-state index contributed by atoms with van der Waals surface area (Å²) >= 11 is 0. The highest BCUT2D eigenvalue weighted by atomic mass is 32.2. The topological polar surface area (TPSA) is 60.4 Å². The fourth-order valence-corrected chi connectivity index (χ4v) is 3.19. The van der Waals surface area contributed by atoms with Gasteiger partial charge in [0.05, 0.1) is 23.3 Å². The molecule has 0 radical (unpaired) electrons. The Labute approximate surface area is 117 Å². The normalized spacial score (nSPS) is 11.1. The second kappa shape index (κ2) is 5.88. The van der Waals surface area contributed by atoms with Crippen molar-refractivity contribution < 1.29 is 17.9 Å². The van der Waals surface area contributed by atoms with Gasteiger partial charge in [0.25, 0.3) is 0 Å². The van der Waals surface area contributed by atoms with E-state index < -0.39 is 15.8 Å². The number of carbonyl (C=O) groups is 1. The van der Waals surface area contributed by atoms with Crippen LogP contribution in [0.5, 0.6) is 0 Å². The molecular weight excluding hydrogens is 276 g/mol. The summed E-state index contributed by atoms with van der Waals surface area (Å²) in [7, 11) is -2.13. The largest absolute Gasteiger partial charge is 0.465 e. The molecule has 0 amide bonds. The van der Waals surface area contributed by atoms with E-state index in [0.29, 0.717) is 11.1 Å². The van der Waals surface area contributed by atoms with E-state index >= 15 is 0 Å². The van der Waals surface area contributed by atoms with Crippen LogP contribution in [0.3, 0.4) is 0 Å². The predicted molar refractivity (Wildman–Crippen MR) is 75.1 cm³/mol. The number of rotatable bonds is 4. The van der Waals surface area contributed by atoms with Gasteiger partial charge in [-0.2, -0.15) is 0 Å². The smallest absolute Gasteiger partial charge is 0.337 e. The van der Waals surface area contributed by atoms with Crippen molar-refractivity contribution in [2.75, 3.05) is 7.11 Å². The summed E-state index contributed by atoms with van der Waals surface area (Å²) in [6.07, 6.45) is 0. The molecule has 20 heavy (non-hydrogen) atoms. The van der Waals surface area contributed by atoms with Gasteiger partial charge in [-0.1, -0.05) is 30.3 Å². The lowest BCUT2D eigenvalue weighted by molar-refractivity contribution is 0.0600. The van der Waals surface area contributed by atoms with Crippen molar-refractivity contribution in [3.63, 3.8) is 0 Å². The first-order chi connectivity index (χ1) is 9.53. The Morgan fingerprint density at radius 1 is 1.05 bits per heavy atom. The Morgan fingerprint density at radius 2 is 1.75 bits per heavy atom. The minimum absolute atomic E-state index is 0.151. The van der Waals surface area contributed by atoms with Crippen LogP contribution in [0.15, 0.2) is 59.5 Å². The molecule has 2 rings (SSSR count). The first-order valence-electron chi connectivity index (χ1n) is 5.98. The summed E-state index contributed by atoms with van der Waals surface area (Å²) in [5.74, 6) is -0.633. The molecule has 0 spiro atoms. The van der Waals surface area contributed by atoms with Crippen LogP contribution in [-0.2, 0) is 20.3 Å². The number of sulfone groups is 1. The maximum atomic E-state index is 12.2. The van der Waals surface area contributed by atoms with Crippen LogP contribution in [-0.4, -0.2) is 21.5 Å². The SMILES string of the molecule is COC(=O)c1cccc(CS(=O)(=O)c2ccccc2)c1. The van der Waals surface area contributed by atoms with Crippen LogP contribution < -0.4 is 0 Å². The van der Waals surface area contributed by atoms with Gasteiger partial charge in [0.2, 0.25) is 0 Å². The highest BCUT2D eigenvalue weighted by Crippen LogP contribution is 2.17. The Hall–Kier alpha value is -2.14. The van der Waals surface area contributed by atoms with Crippen molar-refractivity contribution in [3.8, 4) is 0 Å². The van der Waals surface area contributed by atoms with Crippen LogP contribution in [0.2, 0.25) is 0 Å². The molecule has 0 heterocycles. The van der Waals surface area contributed by atoms with Gasteiger partial charge < -0.3 is 4.74 Å². The molecular formula is C15H14O4S. The van der Waals surface area contributed by atoms with Crippen molar-refractivity contribution >= 4 is 15.8 Å². The average molecular weight is 290 g/mol. The van der Waals surface area contributed by atoms with Crippen molar-refractivity contribution in [3.05, 3.63) is 65.7 Å². The Bertz CT molecular complexity index is 706. The van der Waals surface area contributed by atoms with Gasteiger partial charge in [-0.3, -0.25) is 0 Å². The Balaban J connectivity index is 2.29. The van der Waals surface area contributed by atoms with Crippen LogP contribution in [0.4, 0.5) is 0 Å². The van der Waals surface area contributed by atoms with Crippen LogP contribution in [0.25, 0.3) is 0 Å². The Morgan fingerprint density at radius 3 is 2.40 bits per heavy atom. The molecule has 0 aliphatic rings. The van der Waals surface area contributed by atoms with Crippen molar-refractivity contribution in [2.45, 2.75) is 10.6 Å². The van der Waals surface area contributed by atoms with Crippen LogP contribution >= 0.6 is 0 Å². The van der Waals surface area contributed by atoms with Gasteiger partial charge >= 0.3 is 5.97 Å². The zero-order valence-electron chi connectivity index (χ0n) is 10.9. The van der Waals surface area contributed by atoms with E-state index in [9.17, 15) is 13.2 Å². The molecule has 0 saturated carbocycles. The van der Waals surface area contributed by atoms with E-state index in [1.807, 2.05) is 0 Å². The molecule has 0 N–H and O–H groups in total. The maximum Gasteiger partial charge on any atom is 0.337 e. The molecule has 4 nitrogen and oxygen atoms in total. The summed E-state index contributed by atoms with van der Waals surface area (Å²) in [5.41, 5.74) is 0.894. The zero-order valence-corrected chi connectivity index (χ0v) is 11.8. The Kier molecular flexibility index (Phi) is 4.20. The van der Waals surface area contributed by atoms with E-state index in [-0.39, 0.29) is 10.6 Å². The fourth-order valence-electron chi connectivity index (χ4n) is 1.84. The van der Waals surface area contributed by atoms with Gasteiger partial charge in [0.15, 0.2) is 9.84 Å². The molecule has 2 aromatic carbocycles. The molecule has 2 aromatic rings. The quantitative estimate of drug-likeness (QED) is 0.811. The molecule has 0 saturated heterocycles. The third-order valence-electron chi connectivity index (χ3n) is 2.81. The van der Waals surface area contributed by atoms with E-state index in [4.69, 9.17) is 0 Å². The lowest BCUT2D eigenvalue weighted by Crippen LogP contribution is -2.07. The minimum Gasteiger partial charge on any atom is -0.465 e. The molecule has 0 unspecified atom stereocenters. The third kappa shape index (κ3) is 3.24. The van der Waals surface area contributed by atoms with Gasteiger partial charge in [-0.05, 0) is 29.8 Å². The summed E-state index contributed by atoms with van der Waals surface area (Å²) < 4.78 is 29.1. The molecule has 104 valence electrons.